The average Bonchev–Trinajstić information content (AvgIpc) is 3.47. The zero-order valence-electron chi connectivity index (χ0n) is 17.4. The van der Waals surface area contributed by atoms with E-state index in [1.807, 2.05) is 54.6 Å². The van der Waals surface area contributed by atoms with Crippen LogP contribution in [0.5, 0.6) is 11.5 Å². The third kappa shape index (κ3) is 6.37. The maximum absolute atomic E-state index is 12.0. The van der Waals surface area contributed by atoms with Crippen LogP contribution >= 0.6 is 11.8 Å². The fraction of sp³-hybridized carbons (Fsp3) is 0.0909. The maximum Gasteiger partial charge on any atom is 0.264 e. The zero-order valence-corrected chi connectivity index (χ0v) is 18.2. The van der Waals surface area contributed by atoms with E-state index in [0.29, 0.717) is 23.2 Å². The predicted molar refractivity (Wildman–Crippen MR) is 126 cm³/mol. The molecule has 0 unspecified atom stereocenters. The normalized spacial score (nSPS) is 10.9. The standard InChI is InChI=1S/C22H21N7O3S/c23-29-21(27-28-22(29)33-15-20(30)24-14-19-10-5-11-31-19)26-25-13-16-6-4-9-18(12-16)32-17-7-2-1-3-8-17/h1-13H,14-15,23H2,(H,24,30)(H,26,27)/b25-13+. The molecule has 168 valence electrons. The van der Waals surface area contributed by atoms with Crippen LogP contribution in [0.15, 0.2) is 87.7 Å². The molecule has 2 heterocycles. The second-order valence-electron chi connectivity index (χ2n) is 6.68. The number of benzene rings is 2. The first kappa shape index (κ1) is 22.0. The fourth-order valence-corrected chi connectivity index (χ4v) is 3.37. The van der Waals surface area contributed by atoms with Crippen LogP contribution < -0.4 is 21.3 Å². The van der Waals surface area contributed by atoms with Gasteiger partial charge < -0.3 is 20.3 Å². The summed E-state index contributed by atoms with van der Waals surface area (Å²) in [5, 5.41) is 15.2. The molecular formula is C22H21N7O3S. The van der Waals surface area contributed by atoms with Gasteiger partial charge in [-0.3, -0.25) is 4.79 Å². The molecule has 0 aliphatic carbocycles. The fourth-order valence-electron chi connectivity index (χ4n) is 2.68. The Bertz CT molecular complexity index is 1210. The van der Waals surface area contributed by atoms with E-state index in [9.17, 15) is 4.79 Å². The van der Waals surface area contributed by atoms with Gasteiger partial charge in [0, 0.05) is 0 Å². The number of ether oxygens (including phenoxy) is 1. The van der Waals surface area contributed by atoms with Crippen molar-refractivity contribution in [3.8, 4) is 11.5 Å². The number of nitrogens with zero attached hydrogens (tertiary/aromatic N) is 4. The van der Waals surface area contributed by atoms with Crippen molar-refractivity contribution in [1.82, 2.24) is 20.2 Å². The Hall–Kier alpha value is -4.25. The Labute approximate surface area is 193 Å². The van der Waals surface area contributed by atoms with Crippen molar-refractivity contribution in [3.05, 3.63) is 84.3 Å². The second kappa shape index (κ2) is 10.9. The number of carbonyl (C=O) groups is 1. The van der Waals surface area contributed by atoms with E-state index >= 15 is 0 Å². The van der Waals surface area contributed by atoms with E-state index < -0.39 is 0 Å². The number of aromatic nitrogens is 3. The van der Waals surface area contributed by atoms with E-state index in [-0.39, 0.29) is 17.6 Å². The molecule has 0 saturated carbocycles. The first-order chi connectivity index (χ1) is 16.2. The summed E-state index contributed by atoms with van der Waals surface area (Å²) in [5.74, 6) is 8.31. The van der Waals surface area contributed by atoms with Crippen LogP contribution in [0.1, 0.15) is 11.3 Å². The van der Waals surface area contributed by atoms with E-state index in [1.165, 1.54) is 4.68 Å². The first-order valence-electron chi connectivity index (χ1n) is 9.92. The molecule has 2 aromatic heterocycles. The second-order valence-corrected chi connectivity index (χ2v) is 7.62. The molecular weight excluding hydrogens is 442 g/mol. The summed E-state index contributed by atoms with van der Waals surface area (Å²) in [7, 11) is 0. The van der Waals surface area contributed by atoms with Crippen molar-refractivity contribution >= 4 is 29.8 Å². The molecule has 4 aromatic rings. The number of para-hydroxylation sites is 1. The van der Waals surface area contributed by atoms with Crippen molar-refractivity contribution in [3.63, 3.8) is 0 Å². The van der Waals surface area contributed by atoms with Crippen LogP contribution in [0.4, 0.5) is 5.95 Å². The summed E-state index contributed by atoms with van der Waals surface area (Å²) in [6, 6.07) is 20.5. The molecule has 0 spiro atoms. The minimum absolute atomic E-state index is 0.132. The van der Waals surface area contributed by atoms with Gasteiger partial charge in [0.25, 0.3) is 5.95 Å². The van der Waals surface area contributed by atoms with Crippen molar-refractivity contribution in [2.75, 3.05) is 17.0 Å². The third-order valence-corrected chi connectivity index (χ3v) is 5.20. The zero-order chi connectivity index (χ0) is 22.9. The van der Waals surface area contributed by atoms with Crippen LogP contribution in [0.25, 0.3) is 0 Å². The summed E-state index contributed by atoms with van der Waals surface area (Å²) < 4.78 is 12.2. The number of anilines is 1. The molecule has 4 rings (SSSR count). The minimum Gasteiger partial charge on any atom is -0.467 e. The Kier molecular flexibility index (Phi) is 7.23. The van der Waals surface area contributed by atoms with Crippen LogP contribution in [-0.4, -0.2) is 32.7 Å². The highest BCUT2D eigenvalue weighted by Crippen LogP contribution is 2.21. The molecule has 4 N–H and O–H groups in total. The first-order valence-corrected chi connectivity index (χ1v) is 10.9. The molecule has 1 amide bonds. The maximum atomic E-state index is 12.0. The van der Waals surface area contributed by atoms with Gasteiger partial charge in [-0.2, -0.15) is 5.10 Å². The van der Waals surface area contributed by atoms with E-state index in [2.05, 4.69) is 26.0 Å². The lowest BCUT2D eigenvalue weighted by molar-refractivity contribution is -0.118. The highest BCUT2D eigenvalue weighted by atomic mass is 32.2. The summed E-state index contributed by atoms with van der Waals surface area (Å²) in [6.07, 6.45) is 3.17. The predicted octanol–water partition coefficient (Wildman–Crippen LogP) is 3.23. The molecule has 0 radical (unpaired) electrons. The number of furan rings is 1. The summed E-state index contributed by atoms with van der Waals surface area (Å²) in [5.41, 5.74) is 3.57. The SMILES string of the molecule is Nn1c(N/N=C/c2cccc(Oc3ccccc3)c2)nnc1SCC(=O)NCc1ccco1. The smallest absolute Gasteiger partial charge is 0.264 e. The topological polar surface area (TPSA) is 133 Å². The molecule has 0 atom stereocenters. The van der Waals surface area contributed by atoms with Gasteiger partial charge in [-0.15, -0.1) is 10.2 Å². The highest BCUT2D eigenvalue weighted by Gasteiger charge is 2.12. The number of thioether (sulfide) groups is 1. The summed E-state index contributed by atoms with van der Waals surface area (Å²) >= 11 is 1.16. The number of nitrogens with one attached hydrogen (secondary N) is 2. The van der Waals surface area contributed by atoms with Crippen LogP contribution in [0.3, 0.4) is 0 Å². The number of hydrazone groups is 1. The van der Waals surface area contributed by atoms with Gasteiger partial charge >= 0.3 is 0 Å². The van der Waals surface area contributed by atoms with Gasteiger partial charge in [0.2, 0.25) is 11.1 Å². The molecule has 0 aliphatic heterocycles. The largest absolute Gasteiger partial charge is 0.467 e. The molecule has 10 nitrogen and oxygen atoms in total. The minimum atomic E-state index is -0.176. The van der Waals surface area contributed by atoms with Crippen LogP contribution in [-0.2, 0) is 11.3 Å². The molecule has 0 aliphatic rings. The number of hydrogen-bond donors (Lipinski definition) is 3. The van der Waals surface area contributed by atoms with Crippen molar-refractivity contribution < 1.29 is 13.9 Å². The summed E-state index contributed by atoms with van der Waals surface area (Å²) in [6.45, 7) is 0.320. The molecule has 0 bridgehead atoms. The van der Waals surface area contributed by atoms with E-state index in [1.54, 1.807) is 24.6 Å². The average molecular weight is 464 g/mol. The van der Waals surface area contributed by atoms with Gasteiger partial charge in [-0.05, 0) is 42.0 Å². The van der Waals surface area contributed by atoms with Gasteiger partial charge in [-0.25, -0.2) is 10.1 Å². The molecule has 33 heavy (non-hydrogen) atoms. The van der Waals surface area contributed by atoms with Gasteiger partial charge in [0.1, 0.15) is 17.3 Å². The number of hydrogen-bond acceptors (Lipinski definition) is 9. The Morgan fingerprint density at radius 3 is 2.79 bits per heavy atom. The number of carbonyl (C=O) groups excluding carboxylic acids is 1. The van der Waals surface area contributed by atoms with Crippen LogP contribution in [0.2, 0.25) is 0 Å². The van der Waals surface area contributed by atoms with Crippen LogP contribution in [0, 0.1) is 0 Å². The Morgan fingerprint density at radius 1 is 1.12 bits per heavy atom. The molecule has 0 saturated heterocycles. The summed E-state index contributed by atoms with van der Waals surface area (Å²) in [4.78, 5) is 12.0. The van der Waals surface area contributed by atoms with Crippen molar-refractivity contribution in [2.45, 2.75) is 11.7 Å². The number of rotatable bonds is 10. The number of nitrogen functional groups attached to an aromatic ring is 1. The number of nitrogens with two attached hydrogens (primary N) is 1. The quantitative estimate of drug-likeness (QED) is 0.141. The monoisotopic (exact) mass is 463 g/mol. The highest BCUT2D eigenvalue weighted by molar-refractivity contribution is 7.99. The number of amides is 1. The lowest BCUT2D eigenvalue weighted by Gasteiger charge is -2.06. The van der Waals surface area contributed by atoms with E-state index in [0.717, 1.165) is 23.1 Å². The van der Waals surface area contributed by atoms with Crippen molar-refractivity contribution in [1.29, 1.82) is 0 Å². The van der Waals surface area contributed by atoms with Gasteiger partial charge in [0.15, 0.2) is 0 Å². The lowest BCUT2D eigenvalue weighted by atomic mass is 10.2. The van der Waals surface area contributed by atoms with Crippen molar-refractivity contribution in [2.24, 2.45) is 5.10 Å². The lowest BCUT2D eigenvalue weighted by Crippen LogP contribution is -2.24. The van der Waals surface area contributed by atoms with E-state index in [4.69, 9.17) is 15.0 Å². The Morgan fingerprint density at radius 2 is 1.97 bits per heavy atom. The molecule has 11 heteroatoms. The van der Waals surface area contributed by atoms with Gasteiger partial charge in [-0.1, -0.05) is 42.1 Å². The third-order valence-electron chi connectivity index (χ3n) is 4.25. The Balaban J connectivity index is 1.27. The van der Waals surface area contributed by atoms with Gasteiger partial charge in [0.05, 0.1) is 24.8 Å². The molecule has 2 aromatic carbocycles. The molecule has 0 fully saturated rings.